The number of hydrogen-bond donors (Lipinski definition) is 0. The molecule has 0 saturated carbocycles. The first-order chi connectivity index (χ1) is 6.04. The topological polar surface area (TPSA) is 9.23 Å². The van der Waals surface area contributed by atoms with Crippen LogP contribution in [0.2, 0.25) is 0 Å². The molecule has 0 atom stereocenters. The van der Waals surface area contributed by atoms with E-state index >= 15 is 0 Å². The Morgan fingerprint density at radius 1 is 1.23 bits per heavy atom. The van der Waals surface area contributed by atoms with Crippen LogP contribution < -0.4 is 0 Å². The zero-order chi connectivity index (χ0) is 10.3. The molecule has 0 rings (SSSR count). The molecular weight excluding hydrogens is 296 g/mol. The first-order valence-corrected chi connectivity index (χ1v) is 6.98. The van der Waals surface area contributed by atoms with E-state index in [4.69, 9.17) is 4.74 Å². The third-order valence-corrected chi connectivity index (χ3v) is 4.65. The van der Waals surface area contributed by atoms with Gasteiger partial charge >= 0.3 is 0 Å². The van der Waals surface area contributed by atoms with Crippen LogP contribution in [0.5, 0.6) is 0 Å². The molecule has 0 N–H and O–H groups in total. The third-order valence-electron chi connectivity index (χ3n) is 1.95. The van der Waals surface area contributed by atoms with E-state index in [0.717, 1.165) is 30.3 Å². The third kappa shape index (κ3) is 6.92. The second-order valence-electron chi connectivity index (χ2n) is 4.30. The van der Waals surface area contributed by atoms with Crippen LogP contribution in [0.25, 0.3) is 0 Å². The van der Waals surface area contributed by atoms with Gasteiger partial charge in [0.25, 0.3) is 0 Å². The Morgan fingerprint density at radius 3 is 2.15 bits per heavy atom. The number of rotatable bonds is 7. The Labute approximate surface area is 98.9 Å². The summed E-state index contributed by atoms with van der Waals surface area (Å²) in [5.74, 6) is 0.638. The zero-order valence-electron chi connectivity index (χ0n) is 8.78. The minimum atomic E-state index is 0.330. The molecule has 0 fully saturated rings. The monoisotopic (exact) mass is 314 g/mol. The fraction of sp³-hybridized carbons (Fsp3) is 1.00. The maximum atomic E-state index is 5.55. The van der Waals surface area contributed by atoms with Crippen molar-refractivity contribution in [2.45, 2.75) is 27.2 Å². The van der Waals surface area contributed by atoms with Crippen LogP contribution >= 0.6 is 31.9 Å². The summed E-state index contributed by atoms with van der Waals surface area (Å²) in [5, 5.41) is 2.05. The highest BCUT2D eigenvalue weighted by Crippen LogP contribution is 2.26. The highest BCUT2D eigenvalue weighted by atomic mass is 79.9. The van der Waals surface area contributed by atoms with E-state index in [-0.39, 0.29) is 0 Å². The van der Waals surface area contributed by atoms with Crippen molar-refractivity contribution < 1.29 is 4.74 Å². The Balaban J connectivity index is 3.50. The normalized spacial score (nSPS) is 12.5. The Bertz CT molecular complexity index is 122. The Morgan fingerprint density at radius 2 is 1.77 bits per heavy atom. The molecule has 0 spiro atoms. The molecule has 0 saturated heterocycles. The fourth-order valence-electron chi connectivity index (χ4n) is 0.807. The van der Waals surface area contributed by atoms with Crippen molar-refractivity contribution in [3.63, 3.8) is 0 Å². The van der Waals surface area contributed by atoms with E-state index in [9.17, 15) is 0 Å². The van der Waals surface area contributed by atoms with Gasteiger partial charge in [0.15, 0.2) is 0 Å². The first kappa shape index (κ1) is 13.9. The molecule has 0 aliphatic heterocycles. The van der Waals surface area contributed by atoms with Crippen LogP contribution in [-0.4, -0.2) is 23.9 Å². The predicted molar refractivity (Wildman–Crippen MR) is 66.0 cm³/mol. The van der Waals surface area contributed by atoms with Gasteiger partial charge in [-0.05, 0) is 17.8 Å². The van der Waals surface area contributed by atoms with Gasteiger partial charge in [0.2, 0.25) is 0 Å². The van der Waals surface area contributed by atoms with Gasteiger partial charge in [-0.1, -0.05) is 52.6 Å². The largest absolute Gasteiger partial charge is 0.381 e. The van der Waals surface area contributed by atoms with Gasteiger partial charge in [-0.25, -0.2) is 0 Å². The molecule has 0 amide bonds. The number of halogens is 2. The lowest BCUT2D eigenvalue weighted by Gasteiger charge is -2.24. The summed E-state index contributed by atoms with van der Waals surface area (Å²) >= 11 is 7.06. The number of alkyl halides is 2. The van der Waals surface area contributed by atoms with Crippen LogP contribution in [0.3, 0.4) is 0 Å². The lowest BCUT2D eigenvalue weighted by Crippen LogP contribution is -2.22. The average molecular weight is 316 g/mol. The molecule has 0 aliphatic carbocycles. The average Bonchev–Trinajstić information content (AvgIpc) is 2.12. The molecule has 0 aromatic carbocycles. The number of hydrogen-bond acceptors (Lipinski definition) is 1. The quantitative estimate of drug-likeness (QED) is 0.512. The Hall–Kier alpha value is 0.920. The molecule has 0 bridgehead atoms. The van der Waals surface area contributed by atoms with Gasteiger partial charge in [-0.15, -0.1) is 0 Å². The molecular formula is C10H20Br2O. The van der Waals surface area contributed by atoms with Crippen LogP contribution in [-0.2, 0) is 4.74 Å². The van der Waals surface area contributed by atoms with Crippen molar-refractivity contribution >= 4 is 31.9 Å². The minimum absolute atomic E-state index is 0.330. The van der Waals surface area contributed by atoms with Crippen LogP contribution in [0.4, 0.5) is 0 Å². The van der Waals surface area contributed by atoms with E-state index in [1.165, 1.54) is 0 Å². The molecule has 1 nitrogen and oxygen atoms in total. The zero-order valence-corrected chi connectivity index (χ0v) is 11.9. The predicted octanol–water partition coefficient (Wildman–Crippen LogP) is 3.85. The van der Waals surface area contributed by atoms with E-state index in [2.05, 4.69) is 52.6 Å². The van der Waals surface area contributed by atoms with Crippen molar-refractivity contribution in [3.8, 4) is 0 Å². The van der Waals surface area contributed by atoms with Gasteiger partial charge in [-0.2, -0.15) is 0 Å². The summed E-state index contributed by atoms with van der Waals surface area (Å²) in [5.41, 5.74) is 0.330. The van der Waals surface area contributed by atoms with Gasteiger partial charge in [0, 0.05) is 23.9 Å². The van der Waals surface area contributed by atoms with E-state index in [1.807, 2.05) is 0 Å². The highest BCUT2D eigenvalue weighted by molar-refractivity contribution is 9.09. The summed E-state index contributed by atoms with van der Waals surface area (Å²) in [4.78, 5) is 0. The lowest BCUT2D eigenvalue weighted by molar-refractivity contribution is 0.0902. The smallest absolute Gasteiger partial charge is 0.0488 e. The summed E-state index contributed by atoms with van der Waals surface area (Å²) in [6.45, 7) is 8.35. The van der Waals surface area contributed by atoms with Gasteiger partial charge < -0.3 is 4.74 Å². The number of ether oxygens (including phenoxy) is 1. The standard InChI is InChI=1S/C10H20Br2O/c1-9(2)6-13-5-4-10(3,7-11)8-12/h9H,4-8H2,1-3H3. The molecule has 3 heteroatoms. The van der Waals surface area contributed by atoms with Crippen molar-refractivity contribution in [1.82, 2.24) is 0 Å². The van der Waals surface area contributed by atoms with E-state index in [1.54, 1.807) is 0 Å². The fourth-order valence-corrected chi connectivity index (χ4v) is 2.30. The van der Waals surface area contributed by atoms with Gasteiger partial charge in [0.05, 0.1) is 0 Å². The van der Waals surface area contributed by atoms with Crippen LogP contribution in [0.1, 0.15) is 27.2 Å². The van der Waals surface area contributed by atoms with Gasteiger partial charge in [-0.3, -0.25) is 0 Å². The molecule has 0 unspecified atom stereocenters. The van der Waals surface area contributed by atoms with Crippen molar-refractivity contribution in [3.05, 3.63) is 0 Å². The second-order valence-corrected chi connectivity index (χ2v) is 5.42. The molecule has 0 aromatic rings. The van der Waals surface area contributed by atoms with Crippen molar-refractivity contribution in [2.75, 3.05) is 23.9 Å². The molecule has 80 valence electrons. The molecule has 13 heavy (non-hydrogen) atoms. The second kappa shape index (κ2) is 7.24. The first-order valence-electron chi connectivity index (χ1n) is 4.74. The molecule has 0 aliphatic rings. The maximum absolute atomic E-state index is 5.55. The lowest BCUT2D eigenvalue weighted by atomic mass is 9.93. The van der Waals surface area contributed by atoms with Crippen molar-refractivity contribution in [1.29, 1.82) is 0 Å². The summed E-state index contributed by atoms with van der Waals surface area (Å²) in [6, 6.07) is 0. The molecule has 0 aromatic heterocycles. The van der Waals surface area contributed by atoms with Gasteiger partial charge in [0.1, 0.15) is 0 Å². The molecule has 0 radical (unpaired) electrons. The minimum Gasteiger partial charge on any atom is -0.381 e. The van der Waals surface area contributed by atoms with Crippen LogP contribution in [0, 0.1) is 11.3 Å². The van der Waals surface area contributed by atoms with E-state index < -0.39 is 0 Å². The summed E-state index contributed by atoms with van der Waals surface area (Å²) in [6.07, 6.45) is 1.11. The summed E-state index contributed by atoms with van der Waals surface area (Å²) < 4.78 is 5.55. The molecule has 0 heterocycles. The maximum Gasteiger partial charge on any atom is 0.0488 e. The highest BCUT2D eigenvalue weighted by Gasteiger charge is 2.20. The van der Waals surface area contributed by atoms with Crippen molar-refractivity contribution in [2.24, 2.45) is 11.3 Å². The SMILES string of the molecule is CC(C)COCCC(C)(CBr)CBr. The summed E-state index contributed by atoms with van der Waals surface area (Å²) in [7, 11) is 0. The van der Waals surface area contributed by atoms with Crippen LogP contribution in [0.15, 0.2) is 0 Å². The Kier molecular flexibility index (Phi) is 7.76. The van der Waals surface area contributed by atoms with E-state index in [0.29, 0.717) is 11.3 Å².